The number of hydrogen-bond acceptors (Lipinski definition) is 4. The summed E-state index contributed by atoms with van der Waals surface area (Å²) in [5.41, 5.74) is 5.16. The summed E-state index contributed by atoms with van der Waals surface area (Å²) in [5.74, 6) is -1.72. The number of urea groups is 1. The number of amides is 3. The first-order chi connectivity index (χ1) is 16.0. The van der Waals surface area contributed by atoms with E-state index >= 15 is 0 Å². The highest BCUT2D eigenvalue weighted by molar-refractivity contribution is 6.04. The van der Waals surface area contributed by atoms with E-state index in [1.165, 1.54) is 30.5 Å². The molecule has 0 radical (unpaired) electrons. The lowest BCUT2D eigenvalue weighted by Gasteiger charge is -2.12. The van der Waals surface area contributed by atoms with E-state index in [4.69, 9.17) is 5.73 Å². The maximum absolute atomic E-state index is 13.9. The van der Waals surface area contributed by atoms with Crippen LogP contribution in [0.1, 0.15) is 16.1 Å². The average molecular weight is 473 g/mol. The molecule has 0 aliphatic carbocycles. The molecule has 2 aliphatic heterocycles. The second-order valence-electron chi connectivity index (χ2n) is 7.14. The number of anilines is 2. The first-order valence-corrected chi connectivity index (χ1v) is 9.60. The zero-order chi connectivity index (χ0) is 24.6. The van der Waals surface area contributed by atoms with Gasteiger partial charge in [0.1, 0.15) is 11.5 Å². The monoisotopic (exact) mass is 473 g/mol. The smallest absolute Gasteiger partial charge is 0.416 e. The van der Waals surface area contributed by atoms with Gasteiger partial charge < -0.3 is 21.6 Å². The third-order valence-corrected chi connectivity index (χ3v) is 4.88. The van der Waals surface area contributed by atoms with Crippen molar-refractivity contribution in [2.75, 3.05) is 10.6 Å². The summed E-state index contributed by atoms with van der Waals surface area (Å²) in [6.07, 6.45) is -3.36. The third-order valence-electron chi connectivity index (χ3n) is 4.88. The topological polar surface area (TPSA) is 122 Å². The van der Waals surface area contributed by atoms with Gasteiger partial charge in [0.2, 0.25) is 0 Å². The van der Waals surface area contributed by atoms with Crippen LogP contribution in [0.5, 0.6) is 0 Å². The fraction of sp³-hybridized carbons (Fsp3) is 0.0455. The standard InChI is InChI=1S/C22H15F4N5O3/c23-15-8-5-12(22(24,25)26)10-16(15)29-21(33)28-13-6-3-11(4-7-13)17-14-2-1-9-31(34)20(14)30-18(17)19(27)32/h1-10,34H,(H2,27,32)(H2,28,29,33). The summed E-state index contributed by atoms with van der Waals surface area (Å²) >= 11 is 0. The second kappa shape index (κ2) is 8.39. The lowest BCUT2D eigenvalue weighted by atomic mass is 10.00. The van der Waals surface area contributed by atoms with Gasteiger partial charge in [-0.15, -0.1) is 0 Å². The number of pyridine rings is 1. The molecule has 0 saturated carbocycles. The Balaban J connectivity index is 1.56. The van der Waals surface area contributed by atoms with Gasteiger partial charge in [0.15, 0.2) is 5.82 Å². The Morgan fingerprint density at radius 2 is 1.74 bits per heavy atom. The Kier molecular flexibility index (Phi) is 5.57. The molecular weight excluding hydrogens is 458 g/mol. The van der Waals surface area contributed by atoms with Crippen molar-refractivity contribution in [3.63, 3.8) is 0 Å². The molecule has 4 rings (SSSR count). The summed E-state index contributed by atoms with van der Waals surface area (Å²) in [5, 5.41) is 14.4. The predicted octanol–water partition coefficient (Wildman–Crippen LogP) is 4.79. The number of primary amides is 1. The maximum Gasteiger partial charge on any atom is 0.416 e. The Hall–Kier alpha value is -4.61. The SMILES string of the molecule is NC(=O)c1nc2n(O)cccc-2c1-c1ccc(NC(=O)Nc2cc(C(F)(F)F)ccc2F)cc1. The molecule has 0 aromatic heterocycles. The Morgan fingerprint density at radius 3 is 2.38 bits per heavy atom. The van der Waals surface area contributed by atoms with Gasteiger partial charge in [-0.05, 0) is 48.0 Å². The van der Waals surface area contributed by atoms with E-state index in [1.807, 2.05) is 5.32 Å². The molecule has 12 heteroatoms. The Labute approximate surface area is 188 Å². The molecule has 0 saturated heterocycles. The number of carbonyl (C=O) groups excluding carboxylic acids is 2. The number of hydrogen-bond donors (Lipinski definition) is 4. The number of aromatic nitrogens is 2. The molecule has 174 valence electrons. The first-order valence-electron chi connectivity index (χ1n) is 9.60. The molecule has 34 heavy (non-hydrogen) atoms. The number of fused-ring (bicyclic) bond motifs is 1. The fourth-order valence-electron chi connectivity index (χ4n) is 3.36. The summed E-state index contributed by atoms with van der Waals surface area (Å²) in [7, 11) is 0. The van der Waals surface area contributed by atoms with Crippen molar-refractivity contribution in [2.45, 2.75) is 6.18 Å². The second-order valence-corrected chi connectivity index (χ2v) is 7.14. The Morgan fingerprint density at radius 1 is 1.03 bits per heavy atom. The van der Waals surface area contributed by atoms with Crippen LogP contribution in [0.4, 0.5) is 33.7 Å². The van der Waals surface area contributed by atoms with Crippen LogP contribution in [0.3, 0.4) is 0 Å². The quantitative estimate of drug-likeness (QED) is 0.251. The molecule has 2 heterocycles. The zero-order valence-electron chi connectivity index (χ0n) is 17.0. The maximum atomic E-state index is 13.9. The summed E-state index contributed by atoms with van der Waals surface area (Å²) < 4.78 is 53.1. The van der Waals surface area contributed by atoms with E-state index in [0.29, 0.717) is 34.9 Å². The normalized spacial score (nSPS) is 11.4. The molecule has 0 unspecified atom stereocenters. The predicted molar refractivity (Wildman–Crippen MR) is 114 cm³/mol. The molecule has 5 N–H and O–H groups in total. The fourth-order valence-corrected chi connectivity index (χ4v) is 3.36. The van der Waals surface area contributed by atoms with Crippen LogP contribution in [0.15, 0.2) is 60.8 Å². The average Bonchev–Trinajstić information content (AvgIpc) is 3.16. The summed E-state index contributed by atoms with van der Waals surface area (Å²) in [6.45, 7) is 0. The third kappa shape index (κ3) is 4.33. The van der Waals surface area contributed by atoms with E-state index in [9.17, 15) is 32.4 Å². The minimum Gasteiger partial charge on any atom is -0.427 e. The number of alkyl halides is 3. The molecule has 8 nitrogen and oxygen atoms in total. The van der Waals surface area contributed by atoms with Gasteiger partial charge in [0.25, 0.3) is 5.91 Å². The van der Waals surface area contributed by atoms with Crippen molar-refractivity contribution in [1.29, 1.82) is 0 Å². The van der Waals surface area contributed by atoms with Crippen molar-refractivity contribution < 1.29 is 32.4 Å². The highest BCUT2D eigenvalue weighted by atomic mass is 19.4. The van der Waals surface area contributed by atoms with Gasteiger partial charge >= 0.3 is 12.2 Å². The molecule has 0 bridgehead atoms. The lowest BCUT2D eigenvalue weighted by molar-refractivity contribution is -0.137. The number of nitrogens with two attached hydrogens (primary N) is 1. The van der Waals surface area contributed by atoms with Crippen LogP contribution in [-0.2, 0) is 6.18 Å². The van der Waals surface area contributed by atoms with Gasteiger partial charge in [0, 0.05) is 23.0 Å². The molecule has 0 spiro atoms. The molecular formula is C22H15F4N5O3. The zero-order valence-corrected chi connectivity index (χ0v) is 17.0. The lowest BCUT2D eigenvalue weighted by Crippen LogP contribution is -2.20. The minimum absolute atomic E-state index is 0.0672. The van der Waals surface area contributed by atoms with Gasteiger partial charge in [-0.2, -0.15) is 17.9 Å². The number of halogens is 4. The van der Waals surface area contributed by atoms with Crippen LogP contribution >= 0.6 is 0 Å². The van der Waals surface area contributed by atoms with E-state index < -0.39 is 35.2 Å². The summed E-state index contributed by atoms with van der Waals surface area (Å²) in [6, 6.07) is 9.88. The van der Waals surface area contributed by atoms with Gasteiger partial charge in [-0.1, -0.05) is 12.1 Å². The van der Waals surface area contributed by atoms with Crippen molar-refractivity contribution >= 4 is 23.3 Å². The van der Waals surface area contributed by atoms with Gasteiger partial charge in [-0.25, -0.2) is 14.2 Å². The number of rotatable bonds is 4. The highest BCUT2D eigenvalue weighted by Gasteiger charge is 2.31. The molecule has 3 amide bonds. The van der Waals surface area contributed by atoms with E-state index in [2.05, 4.69) is 10.3 Å². The van der Waals surface area contributed by atoms with Crippen molar-refractivity contribution in [3.05, 3.63) is 77.9 Å². The molecule has 2 aliphatic rings. The summed E-state index contributed by atoms with van der Waals surface area (Å²) in [4.78, 5) is 28.2. The van der Waals surface area contributed by atoms with Crippen molar-refractivity contribution in [3.8, 4) is 22.5 Å². The number of nitrogens with zero attached hydrogens (tertiary/aromatic N) is 2. The van der Waals surface area contributed by atoms with Crippen LogP contribution < -0.4 is 16.4 Å². The molecule has 2 aromatic carbocycles. The first kappa shape index (κ1) is 22.6. The van der Waals surface area contributed by atoms with Crippen molar-refractivity contribution in [2.24, 2.45) is 5.73 Å². The number of carbonyl (C=O) groups is 2. The van der Waals surface area contributed by atoms with Gasteiger partial charge in [0.05, 0.1) is 11.3 Å². The number of benzene rings is 2. The van der Waals surface area contributed by atoms with Gasteiger partial charge in [-0.3, -0.25) is 4.79 Å². The van der Waals surface area contributed by atoms with Crippen LogP contribution in [0.25, 0.3) is 22.5 Å². The largest absolute Gasteiger partial charge is 0.427 e. The molecule has 2 aromatic rings. The van der Waals surface area contributed by atoms with E-state index in [-0.39, 0.29) is 17.2 Å². The Bertz CT molecular complexity index is 1370. The molecule has 0 fully saturated rings. The number of nitrogens with one attached hydrogen (secondary N) is 2. The minimum atomic E-state index is -4.70. The van der Waals surface area contributed by atoms with E-state index in [1.54, 1.807) is 12.1 Å². The highest BCUT2D eigenvalue weighted by Crippen LogP contribution is 2.37. The van der Waals surface area contributed by atoms with Crippen molar-refractivity contribution in [1.82, 2.24) is 9.71 Å². The molecule has 0 atom stereocenters. The van der Waals surface area contributed by atoms with Crippen LogP contribution in [0, 0.1) is 5.82 Å². The van der Waals surface area contributed by atoms with E-state index in [0.717, 1.165) is 4.73 Å². The van der Waals surface area contributed by atoms with Crippen LogP contribution in [0.2, 0.25) is 0 Å². The van der Waals surface area contributed by atoms with Crippen LogP contribution in [-0.4, -0.2) is 26.9 Å².